The van der Waals surface area contributed by atoms with Crippen molar-refractivity contribution in [3.8, 4) is 28.4 Å². The summed E-state index contributed by atoms with van der Waals surface area (Å²) < 4.78 is 7.02. The highest BCUT2D eigenvalue weighted by atomic mass is 16.5. The van der Waals surface area contributed by atoms with Crippen LogP contribution in [0.1, 0.15) is 6.92 Å². The molecule has 2 heterocycles. The molecule has 0 aliphatic carbocycles. The van der Waals surface area contributed by atoms with Crippen molar-refractivity contribution in [1.82, 2.24) is 14.5 Å². The lowest BCUT2D eigenvalue weighted by atomic mass is 9.99. The van der Waals surface area contributed by atoms with Crippen molar-refractivity contribution in [2.75, 3.05) is 26.4 Å². The largest absolute Gasteiger partial charge is 0.478 e. The van der Waals surface area contributed by atoms with E-state index >= 15 is 0 Å². The second kappa shape index (κ2) is 8.30. The Morgan fingerprint density at radius 3 is 2.19 bits per heavy atom. The van der Waals surface area contributed by atoms with Gasteiger partial charge in [0.1, 0.15) is 5.54 Å². The van der Waals surface area contributed by atoms with Gasteiger partial charge in [0, 0.05) is 23.4 Å². The van der Waals surface area contributed by atoms with Crippen LogP contribution >= 0.6 is 0 Å². The van der Waals surface area contributed by atoms with Crippen molar-refractivity contribution < 1.29 is 20.1 Å². The molecule has 0 aliphatic rings. The van der Waals surface area contributed by atoms with Crippen LogP contribution < -0.4 is 4.74 Å². The van der Waals surface area contributed by atoms with Gasteiger partial charge in [-0.3, -0.25) is 0 Å². The number of aliphatic hydroxyl groups is 3. The number of rotatable bonds is 8. The zero-order valence-corrected chi connectivity index (χ0v) is 15.1. The van der Waals surface area contributed by atoms with Crippen LogP contribution in [-0.2, 0) is 5.54 Å². The van der Waals surface area contributed by atoms with E-state index < -0.39 is 25.4 Å². The van der Waals surface area contributed by atoms with Gasteiger partial charge < -0.3 is 24.6 Å². The summed E-state index contributed by atoms with van der Waals surface area (Å²) in [5, 5.41) is 29.7. The summed E-state index contributed by atoms with van der Waals surface area (Å²) in [6, 6.07) is 13.2. The zero-order chi connectivity index (χ0) is 19.3. The van der Waals surface area contributed by atoms with Gasteiger partial charge in [-0.15, -0.1) is 0 Å². The average Bonchev–Trinajstić information content (AvgIpc) is 3.17. The number of ether oxygens (including phenoxy) is 1. The second-order valence-corrected chi connectivity index (χ2v) is 6.19. The molecule has 142 valence electrons. The first-order valence-electron chi connectivity index (χ1n) is 8.74. The molecular weight excluding hydrogens is 346 g/mol. The second-order valence-electron chi connectivity index (χ2n) is 6.19. The summed E-state index contributed by atoms with van der Waals surface area (Å²) in [7, 11) is 0. The summed E-state index contributed by atoms with van der Waals surface area (Å²) >= 11 is 0. The fraction of sp³-hybridized carbons (Fsp3) is 0.300. The van der Waals surface area contributed by atoms with E-state index in [2.05, 4.69) is 9.97 Å². The Labute approximate surface area is 157 Å². The molecule has 0 saturated heterocycles. The minimum atomic E-state index is -1.28. The van der Waals surface area contributed by atoms with Crippen LogP contribution in [0.15, 0.2) is 55.0 Å². The topological polar surface area (TPSA) is 101 Å². The number of aromatic nitrogens is 3. The number of hydrogen-bond donors (Lipinski definition) is 3. The molecule has 0 saturated carbocycles. The van der Waals surface area contributed by atoms with Crippen LogP contribution in [0.2, 0.25) is 0 Å². The van der Waals surface area contributed by atoms with Gasteiger partial charge >= 0.3 is 0 Å². The van der Waals surface area contributed by atoms with Gasteiger partial charge in [0.15, 0.2) is 0 Å². The zero-order valence-electron chi connectivity index (χ0n) is 15.1. The number of aliphatic hydroxyl groups excluding tert-OH is 3. The summed E-state index contributed by atoms with van der Waals surface area (Å²) in [6.07, 6.45) is 3.18. The normalized spacial score (nSPS) is 11.6. The number of hydrogen-bond acceptors (Lipinski definition) is 6. The molecule has 2 aromatic heterocycles. The van der Waals surface area contributed by atoms with Gasteiger partial charge in [-0.1, -0.05) is 30.3 Å². The summed E-state index contributed by atoms with van der Waals surface area (Å²) in [5.41, 5.74) is 1.64. The maximum atomic E-state index is 9.89. The molecule has 3 N–H and O–H groups in total. The molecule has 0 aliphatic heterocycles. The molecule has 7 nitrogen and oxygen atoms in total. The molecule has 27 heavy (non-hydrogen) atoms. The van der Waals surface area contributed by atoms with Crippen LogP contribution in [0.25, 0.3) is 22.5 Å². The van der Waals surface area contributed by atoms with Crippen molar-refractivity contribution in [1.29, 1.82) is 0 Å². The maximum absolute atomic E-state index is 9.89. The van der Waals surface area contributed by atoms with Gasteiger partial charge in [0.25, 0.3) is 0 Å². The van der Waals surface area contributed by atoms with Crippen molar-refractivity contribution in [3.63, 3.8) is 0 Å². The van der Waals surface area contributed by atoms with Crippen molar-refractivity contribution in [2.24, 2.45) is 0 Å². The Morgan fingerprint density at radius 2 is 1.63 bits per heavy atom. The Morgan fingerprint density at radius 1 is 0.926 bits per heavy atom. The van der Waals surface area contributed by atoms with E-state index in [9.17, 15) is 15.3 Å². The lowest BCUT2D eigenvalue weighted by molar-refractivity contribution is 0.0163. The predicted octanol–water partition coefficient (Wildman–Crippen LogP) is 1.68. The quantitative estimate of drug-likeness (QED) is 0.559. The van der Waals surface area contributed by atoms with E-state index in [1.54, 1.807) is 16.8 Å². The van der Waals surface area contributed by atoms with E-state index in [0.717, 1.165) is 11.1 Å². The molecule has 1 aromatic carbocycles. The molecule has 0 atom stereocenters. The smallest absolute Gasteiger partial charge is 0.213 e. The van der Waals surface area contributed by atoms with Gasteiger partial charge in [-0.2, -0.15) is 0 Å². The van der Waals surface area contributed by atoms with Crippen LogP contribution in [0.4, 0.5) is 0 Å². The first-order valence-corrected chi connectivity index (χ1v) is 8.74. The lowest BCUT2D eigenvalue weighted by Gasteiger charge is -2.31. The molecule has 0 bridgehead atoms. The lowest BCUT2D eigenvalue weighted by Crippen LogP contribution is -2.44. The highest BCUT2D eigenvalue weighted by molar-refractivity contribution is 5.78. The first-order chi connectivity index (χ1) is 13.2. The minimum Gasteiger partial charge on any atom is -0.478 e. The highest BCUT2D eigenvalue weighted by Crippen LogP contribution is 2.35. The van der Waals surface area contributed by atoms with E-state index in [4.69, 9.17) is 4.74 Å². The van der Waals surface area contributed by atoms with E-state index in [1.807, 2.05) is 43.3 Å². The Hall–Kier alpha value is -2.74. The maximum Gasteiger partial charge on any atom is 0.213 e. The molecule has 0 unspecified atom stereocenters. The van der Waals surface area contributed by atoms with Gasteiger partial charge in [0.2, 0.25) is 5.88 Å². The summed E-state index contributed by atoms with van der Waals surface area (Å²) in [5.74, 6) is 0.506. The third kappa shape index (κ3) is 3.57. The Balaban J connectivity index is 2.20. The standard InChI is InChI=1S/C20H23N3O4/c1-2-27-17-9-8-16(10-21-17)19-18(15-6-4-3-5-7-15)22-14-23(19)20(11-24,12-25)13-26/h3-10,14,24-26H,2,11-13H2,1H3. The van der Waals surface area contributed by atoms with Gasteiger partial charge in [-0.25, -0.2) is 9.97 Å². The SMILES string of the molecule is CCOc1ccc(-c2c(-c3ccccc3)ncn2C(CO)(CO)CO)cn1. The summed E-state index contributed by atoms with van der Waals surface area (Å²) in [6.45, 7) is 1.07. The van der Waals surface area contributed by atoms with Crippen molar-refractivity contribution in [3.05, 3.63) is 55.0 Å². The molecule has 0 fully saturated rings. The summed E-state index contributed by atoms with van der Waals surface area (Å²) in [4.78, 5) is 8.81. The number of pyridine rings is 1. The number of imidazole rings is 1. The van der Waals surface area contributed by atoms with E-state index in [1.165, 1.54) is 6.33 Å². The van der Waals surface area contributed by atoms with Gasteiger partial charge in [-0.05, 0) is 13.0 Å². The molecule has 7 heteroatoms. The highest BCUT2D eigenvalue weighted by Gasteiger charge is 2.34. The fourth-order valence-electron chi connectivity index (χ4n) is 2.92. The molecule has 3 aromatic rings. The van der Waals surface area contributed by atoms with Crippen molar-refractivity contribution in [2.45, 2.75) is 12.5 Å². The predicted molar refractivity (Wildman–Crippen MR) is 101 cm³/mol. The van der Waals surface area contributed by atoms with Gasteiger partial charge in [0.05, 0.1) is 44.1 Å². The van der Waals surface area contributed by atoms with E-state index in [0.29, 0.717) is 23.9 Å². The third-order valence-electron chi connectivity index (χ3n) is 4.51. The molecule has 0 radical (unpaired) electrons. The van der Waals surface area contributed by atoms with Crippen LogP contribution in [0, 0.1) is 0 Å². The third-order valence-corrected chi connectivity index (χ3v) is 4.51. The molecule has 0 spiro atoms. The molecular formula is C20H23N3O4. The monoisotopic (exact) mass is 369 g/mol. The van der Waals surface area contributed by atoms with Crippen LogP contribution in [0.5, 0.6) is 5.88 Å². The Bertz CT molecular complexity index is 850. The fourth-order valence-corrected chi connectivity index (χ4v) is 2.92. The van der Waals surface area contributed by atoms with Crippen molar-refractivity contribution >= 4 is 0 Å². The van der Waals surface area contributed by atoms with Crippen LogP contribution in [0.3, 0.4) is 0 Å². The average molecular weight is 369 g/mol. The Kier molecular flexibility index (Phi) is 5.85. The number of benzene rings is 1. The molecule has 3 rings (SSSR count). The van der Waals surface area contributed by atoms with Crippen LogP contribution in [-0.4, -0.2) is 56.3 Å². The minimum absolute atomic E-state index is 0.442. The number of nitrogens with zero attached hydrogens (tertiary/aromatic N) is 3. The molecule has 0 amide bonds. The first kappa shape index (κ1) is 19.0. The van der Waals surface area contributed by atoms with E-state index in [-0.39, 0.29) is 0 Å².